The number of hydrogen-bond donors (Lipinski definition) is 3. The maximum Gasteiger partial charge on any atom is 0.186 e. The van der Waals surface area contributed by atoms with Gasteiger partial charge >= 0.3 is 0 Å². The van der Waals surface area contributed by atoms with E-state index >= 15 is 0 Å². The van der Waals surface area contributed by atoms with Gasteiger partial charge in [0, 0.05) is 6.54 Å². The molecule has 0 aromatic rings. The average molecular weight is 130 g/mol. The molecule has 0 amide bonds. The Morgan fingerprint density at radius 1 is 1.56 bits per heavy atom. The highest BCUT2D eigenvalue weighted by Gasteiger charge is 1.98. The van der Waals surface area contributed by atoms with Gasteiger partial charge in [0.25, 0.3) is 0 Å². The van der Waals surface area contributed by atoms with E-state index in [4.69, 9.17) is 17.2 Å². The van der Waals surface area contributed by atoms with Crippen molar-refractivity contribution in [3.63, 3.8) is 0 Å². The second-order valence-electron chi connectivity index (χ2n) is 1.85. The fourth-order valence-corrected chi connectivity index (χ4v) is 0.521. The molecule has 0 heterocycles. The lowest BCUT2D eigenvalue weighted by molar-refractivity contribution is 0.661. The van der Waals surface area contributed by atoms with Crippen LogP contribution in [0.1, 0.15) is 13.3 Å². The van der Waals surface area contributed by atoms with Crippen LogP contribution in [0.5, 0.6) is 0 Å². The minimum atomic E-state index is 0.0926. The van der Waals surface area contributed by atoms with Crippen LogP contribution in [0.25, 0.3) is 0 Å². The molecule has 9 heavy (non-hydrogen) atoms. The summed E-state index contributed by atoms with van der Waals surface area (Å²) < 4.78 is 0. The van der Waals surface area contributed by atoms with Crippen LogP contribution in [0.4, 0.5) is 0 Å². The molecule has 0 saturated carbocycles. The molecule has 0 radical (unpaired) electrons. The van der Waals surface area contributed by atoms with Crippen molar-refractivity contribution in [2.45, 2.75) is 19.4 Å². The topological polar surface area (TPSA) is 90.4 Å². The molecule has 4 heteroatoms. The van der Waals surface area contributed by atoms with E-state index in [9.17, 15) is 0 Å². The van der Waals surface area contributed by atoms with Gasteiger partial charge in [0.1, 0.15) is 0 Å². The second kappa shape index (κ2) is 4.14. The molecular weight excluding hydrogens is 116 g/mol. The molecule has 0 aliphatic carbocycles. The highest BCUT2D eigenvalue weighted by Crippen LogP contribution is 1.91. The lowest BCUT2D eigenvalue weighted by Crippen LogP contribution is -2.28. The van der Waals surface area contributed by atoms with Gasteiger partial charge in [-0.05, 0) is 6.42 Å². The Balaban J connectivity index is 3.68. The van der Waals surface area contributed by atoms with Crippen LogP contribution < -0.4 is 17.2 Å². The summed E-state index contributed by atoms with van der Waals surface area (Å²) in [5, 5.41) is 0. The summed E-state index contributed by atoms with van der Waals surface area (Å²) in [6.07, 6.45) is 0.883. The van der Waals surface area contributed by atoms with Gasteiger partial charge < -0.3 is 17.2 Å². The number of guanidine groups is 1. The Labute approximate surface area is 55.1 Å². The Bertz CT molecular complexity index is 91.1. The molecule has 1 atom stereocenters. The quantitative estimate of drug-likeness (QED) is 0.338. The van der Waals surface area contributed by atoms with E-state index in [0.717, 1.165) is 6.42 Å². The largest absolute Gasteiger partial charge is 0.370 e. The Morgan fingerprint density at radius 2 is 2.11 bits per heavy atom. The van der Waals surface area contributed by atoms with Gasteiger partial charge in [-0.15, -0.1) is 0 Å². The third-order valence-electron chi connectivity index (χ3n) is 1.07. The molecule has 0 aromatic carbocycles. The lowest BCUT2D eigenvalue weighted by Gasteiger charge is -2.04. The predicted octanol–water partition coefficient (Wildman–Crippen LogP) is -1.00. The van der Waals surface area contributed by atoms with Gasteiger partial charge in [-0.1, -0.05) is 6.92 Å². The van der Waals surface area contributed by atoms with Crippen molar-refractivity contribution >= 4 is 5.96 Å². The normalized spacial score (nSPS) is 12.7. The van der Waals surface area contributed by atoms with E-state index in [1.54, 1.807) is 0 Å². The molecule has 0 bridgehead atoms. The Morgan fingerprint density at radius 3 is 2.22 bits per heavy atom. The maximum atomic E-state index is 5.31. The summed E-state index contributed by atoms with van der Waals surface area (Å²) in [6.45, 7) is 2.50. The van der Waals surface area contributed by atoms with Gasteiger partial charge in [0.05, 0.1) is 6.04 Å². The fourth-order valence-electron chi connectivity index (χ4n) is 0.521. The molecule has 0 fully saturated rings. The third kappa shape index (κ3) is 3.78. The molecule has 0 rings (SSSR count). The van der Waals surface area contributed by atoms with E-state index in [2.05, 4.69) is 4.99 Å². The third-order valence-corrected chi connectivity index (χ3v) is 1.07. The summed E-state index contributed by atoms with van der Waals surface area (Å²) in [7, 11) is 0. The zero-order valence-electron chi connectivity index (χ0n) is 5.67. The first-order chi connectivity index (χ1) is 4.20. The van der Waals surface area contributed by atoms with Gasteiger partial charge in [-0.3, -0.25) is 0 Å². The van der Waals surface area contributed by atoms with Crippen molar-refractivity contribution in [3.05, 3.63) is 0 Å². The van der Waals surface area contributed by atoms with Gasteiger partial charge in [0.2, 0.25) is 0 Å². The molecule has 6 N–H and O–H groups in total. The van der Waals surface area contributed by atoms with Gasteiger partial charge in [-0.2, -0.15) is 0 Å². The summed E-state index contributed by atoms with van der Waals surface area (Å²) in [5.74, 6) is 0.118. The van der Waals surface area contributed by atoms with E-state index in [0.29, 0.717) is 6.54 Å². The first-order valence-electron chi connectivity index (χ1n) is 2.99. The van der Waals surface area contributed by atoms with Gasteiger partial charge in [-0.25, -0.2) is 4.99 Å². The highest BCUT2D eigenvalue weighted by atomic mass is 15.0. The van der Waals surface area contributed by atoms with E-state index in [-0.39, 0.29) is 12.0 Å². The number of nitrogens with zero attached hydrogens (tertiary/aromatic N) is 1. The van der Waals surface area contributed by atoms with E-state index < -0.39 is 0 Å². The predicted molar refractivity (Wildman–Crippen MR) is 38.9 cm³/mol. The van der Waals surface area contributed by atoms with Crippen LogP contribution in [-0.2, 0) is 0 Å². The van der Waals surface area contributed by atoms with Crippen LogP contribution in [0.3, 0.4) is 0 Å². The van der Waals surface area contributed by atoms with Crippen LogP contribution >= 0.6 is 0 Å². The lowest BCUT2D eigenvalue weighted by atomic mass is 10.2. The zero-order chi connectivity index (χ0) is 7.28. The minimum Gasteiger partial charge on any atom is -0.370 e. The average Bonchev–Trinajstić information content (AvgIpc) is 1.82. The molecule has 0 aliphatic rings. The van der Waals surface area contributed by atoms with E-state index in [1.165, 1.54) is 0 Å². The zero-order valence-corrected chi connectivity index (χ0v) is 5.67. The first-order valence-corrected chi connectivity index (χ1v) is 2.99. The molecule has 0 saturated heterocycles. The molecule has 4 nitrogen and oxygen atoms in total. The maximum absolute atomic E-state index is 5.31. The van der Waals surface area contributed by atoms with Crippen LogP contribution in [0, 0.1) is 0 Å². The van der Waals surface area contributed by atoms with Crippen molar-refractivity contribution < 1.29 is 0 Å². The first kappa shape index (κ1) is 8.23. The summed E-state index contributed by atoms with van der Waals surface area (Å²) in [5.41, 5.74) is 15.5. The van der Waals surface area contributed by atoms with Crippen molar-refractivity contribution in [1.82, 2.24) is 0 Å². The monoisotopic (exact) mass is 130 g/mol. The van der Waals surface area contributed by atoms with Crippen LogP contribution in [0.15, 0.2) is 4.99 Å². The van der Waals surface area contributed by atoms with Crippen LogP contribution in [0.2, 0.25) is 0 Å². The van der Waals surface area contributed by atoms with Crippen molar-refractivity contribution in [2.24, 2.45) is 22.2 Å². The number of hydrogen-bond acceptors (Lipinski definition) is 2. The minimum absolute atomic E-state index is 0.0926. The molecular formula is C5H14N4. The van der Waals surface area contributed by atoms with E-state index in [1.807, 2.05) is 6.92 Å². The molecule has 0 spiro atoms. The highest BCUT2D eigenvalue weighted by molar-refractivity contribution is 5.75. The SMILES string of the molecule is CCC(CN)N=C(N)N. The molecule has 1 unspecified atom stereocenters. The summed E-state index contributed by atoms with van der Waals surface area (Å²) in [6, 6.07) is 0.0926. The van der Waals surface area contributed by atoms with Gasteiger partial charge in [0.15, 0.2) is 5.96 Å². The number of rotatable bonds is 3. The number of nitrogens with two attached hydrogens (primary N) is 3. The van der Waals surface area contributed by atoms with Crippen LogP contribution in [-0.4, -0.2) is 18.5 Å². The summed E-state index contributed by atoms with van der Waals surface area (Å²) >= 11 is 0. The fraction of sp³-hybridized carbons (Fsp3) is 0.800. The standard InChI is InChI=1S/C5H14N4/c1-2-4(3-6)9-5(7)8/h4H,2-3,6H2,1H3,(H4,7,8,9). The Kier molecular flexibility index (Phi) is 3.79. The molecule has 0 aliphatic heterocycles. The smallest absolute Gasteiger partial charge is 0.186 e. The number of aliphatic imine (C=N–C) groups is 1. The Hall–Kier alpha value is -0.770. The van der Waals surface area contributed by atoms with Crippen molar-refractivity contribution in [3.8, 4) is 0 Å². The summed E-state index contributed by atoms with van der Waals surface area (Å²) in [4.78, 5) is 3.86. The molecule has 0 aromatic heterocycles. The molecule has 54 valence electrons. The van der Waals surface area contributed by atoms with Crippen molar-refractivity contribution in [2.75, 3.05) is 6.54 Å². The second-order valence-corrected chi connectivity index (χ2v) is 1.85. The van der Waals surface area contributed by atoms with Crippen molar-refractivity contribution in [1.29, 1.82) is 0 Å².